The molecule has 0 aromatic carbocycles. The van der Waals surface area contributed by atoms with Gasteiger partial charge in [-0.05, 0) is 19.3 Å². The zero-order valence-corrected chi connectivity index (χ0v) is 13.3. The van der Waals surface area contributed by atoms with Gasteiger partial charge in [0.2, 0.25) is 0 Å². The van der Waals surface area contributed by atoms with Crippen molar-refractivity contribution >= 4 is 0 Å². The van der Waals surface area contributed by atoms with E-state index in [9.17, 15) is 0 Å². The van der Waals surface area contributed by atoms with Crippen LogP contribution in [0.4, 0.5) is 0 Å². The molecule has 0 unspecified atom stereocenters. The van der Waals surface area contributed by atoms with Crippen LogP contribution >= 0.6 is 0 Å². The SMILES string of the molecule is CC1=C(C)C(C)(C)C(C2=[C-]CC=C2)=C1C.[Zr]. The fourth-order valence-corrected chi connectivity index (χ4v) is 2.71. The Morgan fingerprint density at radius 2 is 1.75 bits per heavy atom. The van der Waals surface area contributed by atoms with Crippen molar-refractivity contribution in [2.45, 2.75) is 41.0 Å². The van der Waals surface area contributed by atoms with Crippen molar-refractivity contribution in [2.24, 2.45) is 5.41 Å². The minimum atomic E-state index is 0. The van der Waals surface area contributed by atoms with E-state index in [1.807, 2.05) is 0 Å². The molecule has 0 radical (unpaired) electrons. The van der Waals surface area contributed by atoms with Gasteiger partial charge in [0.05, 0.1) is 0 Å². The van der Waals surface area contributed by atoms with Gasteiger partial charge in [-0.1, -0.05) is 43.9 Å². The number of allylic oxidation sites excluding steroid dienone is 8. The van der Waals surface area contributed by atoms with Gasteiger partial charge in [-0.2, -0.15) is 17.7 Å². The van der Waals surface area contributed by atoms with Gasteiger partial charge in [0, 0.05) is 26.2 Å². The van der Waals surface area contributed by atoms with Crippen molar-refractivity contribution in [1.82, 2.24) is 0 Å². The van der Waals surface area contributed by atoms with Gasteiger partial charge in [0.25, 0.3) is 0 Å². The van der Waals surface area contributed by atoms with E-state index >= 15 is 0 Å². The molecule has 0 heterocycles. The third-order valence-electron chi connectivity index (χ3n) is 4.03. The molecule has 1 heteroatoms. The molecule has 84 valence electrons. The molecule has 0 saturated carbocycles. The van der Waals surface area contributed by atoms with Gasteiger partial charge in [-0.25, -0.2) is 0 Å². The predicted molar refractivity (Wildman–Crippen MR) is 65.4 cm³/mol. The van der Waals surface area contributed by atoms with Crippen LogP contribution < -0.4 is 0 Å². The number of hydrogen-bond acceptors (Lipinski definition) is 0. The van der Waals surface area contributed by atoms with Crippen molar-refractivity contribution in [3.8, 4) is 0 Å². The second kappa shape index (κ2) is 4.61. The Bertz CT molecular complexity index is 428. The summed E-state index contributed by atoms with van der Waals surface area (Å²) < 4.78 is 0. The van der Waals surface area contributed by atoms with Crippen LogP contribution in [0.1, 0.15) is 41.0 Å². The molecule has 0 spiro atoms. The Labute approximate surface area is 118 Å². The van der Waals surface area contributed by atoms with E-state index in [0.29, 0.717) is 0 Å². The minimum Gasteiger partial charge on any atom is -0.198 e. The average Bonchev–Trinajstić information content (AvgIpc) is 2.72. The molecule has 0 bridgehead atoms. The summed E-state index contributed by atoms with van der Waals surface area (Å²) in [5, 5.41) is 0. The van der Waals surface area contributed by atoms with Crippen molar-refractivity contribution in [3.63, 3.8) is 0 Å². The van der Waals surface area contributed by atoms with E-state index < -0.39 is 0 Å². The summed E-state index contributed by atoms with van der Waals surface area (Å²) in [6.07, 6.45) is 8.82. The fraction of sp³-hybridized carbons (Fsp3) is 0.467. The smallest absolute Gasteiger partial charge is 0 e. The summed E-state index contributed by atoms with van der Waals surface area (Å²) >= 11 is 0. The van der Waals surface area contributed by atoms with Gasteiger partial charge >= 0.3 is 0 Å². The third-order valence-corrected chi connectivity index (χ3v) is 4.03. The summed E-state index contributed by atoms with van der Waals surface area (Å²) in [7, 11) is 0. The molecule has 0 aromatic rings. The van der Waals surface area contributed by atoms with Crippen LogP contribution in [-0.4, -0.2) is 0 Å². The number of hydrogen-bond donors (Lipinski definition) is 0. The first kappa shape index (κ1) is 13.9. The first-order valence-electron chi connectivity index (χ1n) is 5.63. The summed E-state index contributed by atoms with van der Waals surface area (Å²) in [4.78, 5) is 0. The minimum absolute atomic E-state index is 0. The van der Waals surface area contributed by atoms with Gasteiger partial charge in [-0.3, -0.25) is 0 Å². The van der Waals surface area contributed by atoms with Crippen molar-refractivity contribution in [1.29, 1.82) is 0 Å². The second-order valence-corrected chi connectivity index (χ2v) is 5.07. The van der Waals surface area contributed by atoms with E-state index in [1.54, 1.807) is 0 Å². The van der Waals surface area contributed by atoms with Gasteiger partial charge in [0.15, 0.2) is 0 Å². The van der Waals surface area contributed by atoms with E-state index in [0.717, 1.165) is 6.42 Å². The number of rotatable bonds is 1. The third kappa shape index (κ3) is 1.88. The molecule has 2 rings (SSSR count). The van der Waals surface area contributed by atoms with Gasteiger partial charge < -0.3 is 0 Å². The van der Waals surface area contributed by atoms with Crippen LogP contribution in [0.25, 0.3) is 0 Å². The molecule has 2 aliphatic carbocycles. The maximum Gasteiger partial charge on any atom is 0 e. The summed E-state index contributed by atoms with van der Waals surface area (Å²) in [6.45, 7) is 11.4. The van der Waals surface area contributed by atoms with E-state index in [4.69, 9.17) is 0 Å². The standard InChI is InChI=1S/C15H19.Zr/c1-10-11(2)14(13-8-6-7-9-13)15(4,5)12(10)3;/h6,8H,7H2,1-5H3;/q-1;. The zero-order valence-electron chi connectivity index (χ0n) is 10.9. The Balaban J connectivity index is 0.00000128. The van der Waals surface area contributed by atoms with Crippen LogP contribution in [0.5, 0.6) is 0 Å². The van der Waals surface area contributed by atoms with Crippen LogP contribution in [0.2, 0.25) is 0 Å². The first-order chi connectivity index (χ1) is 6.96. The van der Waals surface area contributed by atoms with Crippen LogP contribution in [0.3, 0.4) is 0 Å². The summed E-state index contributed by atoms with van der Waals surface area (Å²) in [5.41, 5.74) is 7.39. The first-order valence-corrected chi connectivity index (χ1v) is 5.63. The van der Waals surface area contributed by atoms with Crippen LogP contribution in [0.15, 0.2) is 40.0 Å². The van der Waals surface area contributed by atoms with Crippen molar-refractivity contribution in [2.75, 3.05) is 0 Å². The topological polar surface area (TPSA) is 0 Å². The Hall–Kier alpha value is -0.157. The molecule has 0 aliphatic heterocycles. The second-order valence-electron chi connectivity index (χ2n) is 5.07. The zero-order chi connectivity index (χ0) is 11.2. The maximum absolute atomic E-state index is 3.45. The molecule has 0 fully saturated rings. The van der Waals surface area contributed by atoms with Crippen LogP contribution in [-0.2, 0) is 26.2 Å². The van der Waals surface area contributed by atoms with Gasteiger partial charge in [0.1, 0.15) is 0 Å². The molecular weight excluding hydrogens is 271 g/mol. The normalized spacial score (nSPS) is 22.7. The van der Waals surface area contributed by atoms with E-state index in [1.165, 1.54) is 27.9 Å². The fourth-order valence-electron chi connectivity index (χ4n) is 2.71. The molecule has 16 heavy (non-hydrogen) atoms. The molecule has 0 aromatic heterocycles. The molecule has 2 aliphatic rings. The van der Waals surface area contributed by atoms with Crippen LogP contribution in [0, 0.1) is 11.5 Å². The Morgan fingerprint density at radius 3 is 2.12 bits per heavy atom. The Kier molecular flexibility index (Phi) is 4.01. The molecule has 0 nitrogen and oxygen atoms in total. The van der Waals surface area contributed by atoms with E-state index in [2.05, 4.69) is 52.8 Å². The molecule has 0 N–H and O–H groups in total. The van der Waals surface area contributed by atoms with Gasteiger partial charge in [-0.15, -0.1) is 11.6 Å². The van der Waals surface area contributed by atoms with Crippen molar-refractivity contribution < 1.29 is 26.2 Å². The van der Waals surface area contributed by atoms with Crippen molar-refractivity contribution in [3.05, 3.63) is 46.1 Å². The molecule has 0 atom stereocenters. The average molecular weight is 291 g/mol. The molecule has 0 saturated heterocycles. The van der Waals surface area contributed by atoms with E-state index in [-0.39, 0.29) is 31.6 Å². The quantitative estimate of drug-likeness (QED) is 0.629. The summed E-state index contributed by atoms with van der Waals surface area (Å²) in [5.74, 6) is 0. The monoisotopic (exact) mass is 289 g/mol. The Morgan fingerprint density at radius 1 is 1.12 bits per heavy atom. The molecular formula is C15H19Zr-. The maximum atomic E-state index is 3.45. The largest absolute Gasteiger partial charge is 0.198 e. The molecule has 0 amide bonds. The summed E-state index contributed by atoms with van der Waals surface area (Å²) in [6, 6.07) is 0. The predicted octanol–water partition coefficient (Wildman–Crippen LogP) is 4.37.